The monoisotopic (exact) mass is 198 g/mol. The zero-order valence-corrected chi connectivity index (χ0v) is 9.98. The van der Waals surface area contributed by atoms with Crippen molar-refractivity contribution in [1.82, 2.24) is 0 Å². The minimum Gasteiger partial charge on any atom is -0.180 e. The lowest BCUT2D eigenvalue weighted by Crippen LogP contribution is -1.76. The van der Waals surface area contributed by atoms with Gasteiger partial charge in [0.05, 0.1) is 0 Å². The Morgan fingerprint density at radius 2 is 2.00 bits per heavy atom. The molecular formula is C12H22S. The SMILES string of the molecule is C=CC.CC1=CCCC=C1.CCS. The Kier molecular flexibility index (Phi) is 16.4. The first-order valence-electron chi connectivity index (χ1n) is 4.74. The molecular weight excluding hydrogens is 176 g/mol. The largest absolute Gasteiger partial charge is 0.180 e. The highest BCUT2D eigenvalue weighted by atomic mass is 32.1. The Hall–Kier alpha value is -0.430. The lowest BCUT2D eigenvalue weighted by Gasteiger charge is -1.96. The van der Waals surface area contributed by atoms with E-state index in [-0.39, 0.29) is 0 Å². The summed E-state index contributed by atoms with van der Waals surface area (Å²) in [6.07, 6.45) is 10.9. The maximum Gasteiger partial charge on any atom is -0.0126 e. The summed E-state index contributed by atoms with van der Waals surface area (Å²) >= 11 is 3.79. The van der Waals surface area contributed by atoms with Crippen molar-refractivity contribution in [1.29, 1.82) is 0 Å². The Bertz CT molecular complexity index is 155. The smallest absolute Gasteiger partial charge is 0.0126 e. The molecule has 1 rings (SSSR count). The predicted octanol–water partition coefficient (Wildman–Crippen LogP) is 4.41. The van der Waals surface area contributed by atoms with Gasteiger partial charge in [-0.15, -0.1) is 6.58 Å². The summed E-state index contributed by atoms with van der Waals surface area (Å²) in [5.41, 5.74) is 1.41. The number of rotatable bonds is 0. The van der Waals surface area contributed by atoms with E-state index in [1.807, 2.05) is 13.8 Å². The van der Waals surface area contributed by atoms with Gasteiger partial charge in [0.15, 0.2) is 0 Å². The average Bonchev–Trinajstić information content (AvgIpc) is 2.08. The van der Waals surface area contributed by atoms with Crippen molar-refractivity contribution in [2.24, 2.45) is 0 Å². The van der Waals surface area contributed by atoms with Crippen molar-refractivity contribution in [3.63, 3.8) is 0 Å². The fourth-order valence-electron chi connectivity index (χ4n) is 0.744. The second kappa shape index (κ2) is 14.1. The van der Waals surface area contributed by atoms with Crippen LogP contribution in [0.1, 0.15) is 33.6 Å². The maximum absolute atomic E-state index is 3.79. The van der Waals surface area contributed by atoms with Gasteiger partial charge in [-0.1, -0.05) is 36.8 Å². The molecule has 1 aliphatic rings. The third kappa shape index (κ3) is 18.5. The van der Waals surface area contributed by atoms with E-state index in [9.17, 15) is 0 Å². The Balaban J connectivity index is 0. The van der Waals surface area contributed by atoms with Crippen molar-refractivity contribution in [3.05, 3.63) is 36.5 Å². The zero-order chi connectivity index (χ0) is 10.5. The molecule has 0 saturated carbocycles. The highest BCUT2D eigenvalue weighted by Gasteiger charge is 1.86. The molecule has 76 valence electrons. The Morgan fingerprint density at radius 1 is 1.54 bits per heavy atom. The fraction of sp³-hybridized carbons (Fsp3) is 0.500. The van der Waals surface area contributed by atoms with Gasteiger partial charge in [0.25, 0.3) is 0 Å². The zero-order valence-electron chi connectivity index (χ0n) is 9.09. The second-order valence-corrected chi connectivity index (χ2v) is 3.28. The van der Waals surface area contributed by atoms with Gasteiger partial charge in [0.1, 0.15) is 0 Å². The molecule has 1 heteroatoms. The normalized spacial score (nSPS) is 12.8. The van der Waals surface area contributed by atoms with Crippen LogP contribution < -0.4 is 0 Å². The van der Waals surface area contributed by atoms with Gasteiger partial charge < -0.3 is 0 Å². The molecule has 0 N–H and O–H groups in total. The quantitative estimate of drug-likeness (QED) is 0.432. The minimum absolute atomic E-state index is 0.944. The molecule has 0 unspecified atom stereocenters. The van der Waals surface area contributed by atoms with Crippen LogP contribution in [0.3, 0.4) is 0 Å². The number of thiol groups is 1. The van der Waals surface area contributed by atoms with E-state index in [0.717, 1.165) is 5.75 Å². The Morgan fingerprint density at radius 3 is 2.15 bits per heavy atom. The molecule has 0 spiro atoms. The molecule has 0 aliphatic heterocycles. The third-order valence-electron chi connectivity index (χ3n) is 1.18. The van der Waals surface area contributed by atoms with Crippen LogP contribution in [0.5, 0.6) is 0 Å². The van der Waals surface area contributed by atoms with Crippen LogP contribution in [0, 0.1) is 0 Å². The topological polar surface area (TPSA) is 0 Å². The van der Waals surface area contributed by atoms with Crippen LogP contribution in [0.15, 0.2) is 36.5 Å². The van der Waals surface area contributed by atoms with E-state index in [4.69, 9.17) is 0 Å². The van der Waals surface area contributed by atoms with Gasteiger partial charge in [-0.25, -0.2) is 0 Å². The molecule has 0 heterocycles. The molecule has 13 heavy (non-hydrogen) atoms. The van der Waals surface area contributed by atoms with Crippen LogP contribution in [0.2, 0.25) is 0 Å². The van der Waals surface area contributed by atoms with Crippen molar-refractivity contribution in [2.45, 2.75) is 33.6 Å². The first-order valence-corrected chi connectivity index (χ1v) is 5.37. The number of hydrogen-bond acceptors (Lipinski definition) is 1. The highest BCUT2D eigenvalue weighted by Crippen LogP contribution is 2.06. The minimum atomic E-state index is 0.944. The van der Waals surface area contributed by atoms with Gasteiger partial charge in [-0.3, -0.25) is 0 Å². The van der Waals surface area contributed by atoms with Crippen LogP contribution >= 0.6 is 12.6 Å². The van der Waals surface area contributed by atoms with Crippen molar-refractivity contribution < 1.29 is 0 Å². The van der Waals surface area contributed by atoms with E-state index >= 15 is 0 Å². The summed E-state index contributed by atoms with van der Waals surface area (Å²) in [6.45, 7) is 9.37. The summed E-state index contributed by atoms with van der Waals surface area (Å²) in [4.78, 5) is 0. The standard InChI is InChI=1S/C7H10.C3H6.C2H6S/c1-7-5-3-2-4-6-7;1-3-2;1-2-3/h3,5-6H,2,4H2,1H3;3H,1H2,2H3;3H,2H2,1H3. The molecule has 0 amide bonds. The van der Waals surface area contributed by atoms with Gasteiger partial charge in [-0.05, 0) is 32.4 Å². The van der Waals surface area contributed by atoms with Crippen molar-refractivity contribution in [2.75, 3.05) is 5.75 Å². The fourth-order valence-corrected chi connectivity index (χ4v) is 0.744. The van der Waals surface area contributed by atoms with Crippen LogP contribution in [0.25, 0.3) is 0 Å². The maximum atomic E-state index is 3.79. The predicted molar refractivity (Wildman–Crippen MR) is 67.5 cm³/mol. The van der Waals surface area contributed by atoms with Crippen LogP contribution in [0.4, 0.5) is 0 Å². The summed E-state index contributed by atoms with van der Waals surface area (Å²) in [5.74, 6) is 0.944. The molecule has 1 aliphatic carbocycles. The van der Waals surface area contributed by atoms with Crippen molar-refractivity contribution in [3.8, 4) is 0 Å². The molecule has 0 aromatic heterocycles. The molecule has 0 atom stereocenters. The molecule has 0 bridgehead atoms. The van der Waals surface area contributed by atoms with Gasteiger partial charge in [0.2, 0.25) is 0 Å². The summed E-state index contributed by atoms with van der Waals surface area (Å²) in [7, 11) is 0. The Labute approximate surface area is 88.8 Å². The molecule has 0 aromatic carbocycles. The molecule has 0 saturated heterocycles. The lowest BCUT2D eigenvalue weighted by molar-refractivity contribution is 1.02. The molecule has 0 nitrogen and oxygen atoms in total. The summed E-state index contributed by atoms with van der Waals surface area (Å²) < 4.78 is 0. The van der Waals surface area contributed by atoms with E-state index in [0.29, 0.717) is 0 Å². The van der Waals surface area contributed by atoms with E-state index < -0.39 is 0 Å². The van der Waals surface area contributed by atoms with Crippen LogP contribution in [-0.4, -0.2) is 5.75 Å². The first kappa shape index (κ1) is 15.1. The van der Waals surface area contributed by atoms with Gasteiger partial charge in [0, 0.05) is 0 Å². The van der Waals surface area contributed by atoms with E-state index in [1.165, 1.54) is 18.4 Å². The third-order valence-corrected chi connectivity index (χ3v) is 1.18. The first-order chi connectivity index (χ1) is 6.22. The average molecular weight is 198 g/mol. The van der Waals surface area contributed by atoms with E-state index in [1.54, 1.807) is 6.08 Å². The van der Waals surface area contributed by atoms with E-state index in [2.05, 4.69) is 44.4 Å². The molecule has 0 aromatic rings. The van der Waals surface area contributed by atoms with Crippen molar-refractivity contribution >= 4 is 12.6 Å². The van der Waals surface area contributed by atoms with Crippen LogP contribution in [-0.2, 0) is 0 Å². The highest BCUT2D eigenvalue weighted by molar-refractivity contribution is 7.80. The summed E-state index contributed by atoms with van der Waals surface area (Å²) in [6, 6.07) is 0. The number of hydrogen-bond donors (Lipinski definition) is 1. The van der Waals surface area contributed by atoms with Gasteiger partial charge >= 0.3 is 0 Å². The number of allylic oxidation sites excluding steroid dienone is 5. The molecule has 0 radical (unpaired) electrons. The summed E-state index contributed by atoms with van der Waals surface area (Å²) in [5, 5.41) is 0. The lowest BCUT2D eigenvalue weighted by atomic mass is 10.1. The van der Waals surface area contributed by atoms with Gasteiger partial charge in [-0.2, -0.15) is 12.6 Å². The molecule has 0 fully saturated rings. The second-order valence-electron chi connectivity index (χ2n) is 2.65.